The minimum atomic E-state index is 0.00870. The van der Waals surface area contributed by atoms with E-state index in [0.717, 1.165) is 24.7 Å². The molecule has 1 aliphatic carbocycles. The number of esters is 1. The van der Waals surface area contributed by atoms with Crippen molar-refractivity contribution in [3.63, 3.8) is 0 Å². The fourth-order valence-electron chi connectivity index (χ4n) is 1.66. The second-order valence-corrected chi connectivity index (χ2v) is 3.92. The predicted octanol–water partition coefficient (Wildman–Crippen LogP) is 2.23. The van der Waals surface area contributed by atoms with E-state index in [1.165, 1.54) is 0 Å². The summed E-state index contributed by atoms with van der Waals surface area (Å²) >= 11 is 0. The van der Waals surface area contributed by atoms with Crippen LogP contribution in [0.5, 0.6) is 0 Å². The van der Waals surface area contributed by atoms with Crippen LogP contribution in [0.2, 0.25) is 0 Å². The van der Waals surface area contributed by atoms with Crippen molar-refractivity contribution in [2.45, 2.75) is 33.6 Å². The van der Waals surface area contributed by atoms with Gasteiger partial charge in [0.1, 0.15) is 0 Å². The first-order valence-electron chi connectivity index (χ1n) is 4.81. The Hall–Kier alpha value is -0.530. The van der Waals surface area contributed by atoms with E-state index in [2.05, 4.69) is 13.8 Å². The molecule has 12 heavy (non-hydrogen) atoms. The summed E-state index contributed by atoms with van der Waals surface area (Å²) in [5, 5.41) is 0. The zero-order valence-corrected chi connectivity index (χ0v) is 8.17. The summed E-state index contributed by atoms with van der Waals surface area (Å²) < 4.78 is 4.93. The van der Waals surface area contributed by atoms with Gasteiger partial charge in [-0.3, -0.25) is 4.79 Å². The fraction of sp³-hybridized carbons (Fsp3) is 0.900. The maximum absolute atomic E-state index is 11.2. The number of hydrogen-bond acceptors (Lipinski definition) is 2. The molecular formula is C10H18O2. The molecule has 1 fully saturated rings. The second-order valence-electron chi connectivity index (χ2n) is 3.92. The number of carbonyl (C=O) groups excluding carboxylic acids is 1. The highest BCUT2D eigenvalue weighted by Gasteiger charge is 2.36. The lowest BCUT2D eigenvalue weighted by Crippen LogP contribution is -2.34. The molecule has 70 valence electrons. The van der Waals surface area contributed by atoms with Crippen LogP contribution in [0.3, 0.4) is 0 Å². The van der Waals surface area contributed by atoms with E-state index in [-0.39, 0.29) is 11.9 Å². The summed E-state index contributed by atoms with van der Waals surface area (Å²) in [6.07, 6.45) is 2.08. The van der Waals surface area contributed by atoms with E-state index >= 15 is 0 Å². The lowest BCUT2D eigenvalue weighted by atomic mass is 9.69. The molecule has 0 atom stereocenters. The molecular weight excluding hydrogens is 152 g/mol. The third kappa shape index (κ3) is 1.99. The van der Waals surface area contributed by atoms with E-state index in [1.807, 2.05) is 6.92 Å². The van der Waals surface area contributed by atoms with Crippen LogP contribution in [0.25, 0.3) is 0 Å². The molecule has 0 amide bonds. The molecule has 0 bridgehead atoms. The lowest BCUT2D eigenvalue weighted by molar-refractivity contribution is -0.153. The van der Waals surface area contributed by atoms with Gasteiger partial charge in [-0.05, 0) is 31.6 Å². The van der Waals surface area contributed by atoms with Gasteiger partial charge in [0, 0.05) is 0 Å². The number of carbonyl (C=O) groups is 1. The van der Waals surface area contributed by atoms with E-state index < -0.39 is 0 Å². The van der Waals surface area contributed by atoms with Gasteiger partial charge in [0.2, 0.25) is 0 Å². The van der Waals surface area contributed by atoms with Crippen molar-refractivity contribution in [3.8, 4) is 0 Å². The largest absolute Gasteiger partial charge is 0.466 e. The summed E-state index contributed by atoms with van der Waals surface area (Å²) in [4.78, 5) is 11.2. The zero-order chi connectivity index (χ0) is 9.14. The third-order valence-electron chi connectivity index (χ3n) is 2.74. The highest BCUT2D eigenvalue weighted by molar-refractivity contribution is 5.73. The van der Waals surface area contributed by atoms with Gasteiger partial charge in [0.05, 0.1) is 12.5 Å². The van der Waals surface area contributed by atoms with Crippen molar-refractivity contribution < 1.29 is 9.53 Å². The van der Waals surface area contributed by atoms with Gasteiger partial charge in [-0.25, -0.2) is 0 Å². The Kier molecular flexibility index (Phi) is 3.12. The van der Waals surface area contributed by atoms with Crippen LogP contribution in [0.15, 0.2) is 0 Å². The van der Waals surface area contributed by atoms with Gasteiger partial charge in [-0.15, -0.1) is 0 Å². The molecule has 1 saturated carbocycles. The Morgan fingerprint density at radius 3 is 2.50 bits per heavy atom. The van der Waals surface area contributed by atoms with Crippen LogP contribution in [0, 0.1) is 17.8 Å². The van der Waals surface area contributed by atoms with Gasteiger partial charge in [0.15, 0.2) is 0 Å². The molecule has 0 aromatic heterocycles. The van der Waals surface area contributed by atoms with E-state index in [1.54, 1.807) is 0 Å². The number of hydrogen-bond donors (Lipinski definition) is 0. The number of ether oxygens (including phenoxy) is 1. The first kappa shape index (κ1) is 9.56. The van der Waals surface area contributed by atoms with E-state index in [9.17, 15) is 4.79 Å². The monoisotopic (exact) mass is 170 g/mol. The van der Waals surface area contributed by atoms with Crippen LogP contribution >= 0.6 is 0 Å². The molecule has 0 N–H and O–H groups in total. The molecule has 0 radical (unpaired) electrons. The molecule has 1 aliphatic rings. The van der Waals surface area contributed by atoms with Crippen LogP contribution in [-0.2, 0) is 9.53 Å². The summed E-state index contributed by atoms with van der Waals surface area (Å²) in [7, 11) is 0. The molecule has 0 aromatic rings. The highest BCUT2D eigenvalue weighted by Crippen LogP contribution is 2.39. The summed E-state index contributed by atoms with van der Waals surface area (Å²) in [5.41, 5.74) is 0. The van der Waals surface area contributed by atoms with Crippen LogP contribution in [0.4, 0.5) is 0 Å². The molecule has 1 rings (SSSR count). The third-order valence-corrected chi connectivity index (χ3v) is 2.74. The van der Waals surface area contributed by atoms with Crippen LogP contribution in [-0.4, -0.2) is 12.6 Å². The van der Waals surface area contributed by atoms with Gasteiger partial charge in [-0.2, -0.15) is 0 Å². The topological polar surface area (TPSA) is 26.3 Å². The van der Waals surface area contributed by atoms with Crippen molar-refractivity contribution in [1.82, 2.24) is 0 Å². The Morgan fingerprint density at radius 1 is 1.50 bits per heavy atom. The Bertz CT molecular complexity index is 157. The Labute approximate surface area is 74.3 Å². The predicted molar refractivity (Wildman–Crippen MR) is 47.7 cm³/mol. The number of rotatable bonds is 3. The average Bonchev–Trinajstić information content (AvgIpc) is 1.82. The van der Waals surface area contributed by atoms with E-state index in [4.69, 9.17) is 4.74 Å². The fourth-order valence-corrected chi connectivity index (χ4v) is 1.66. The van der Waals surface area contributed by atoms with Crippen molar-refractivity contribution in [2.24, 2.45) is 17.8 Å². The van der Waals surface area contributed by atoms with Crippen LogP contribution in [0.1, 0.15) is 33.6 Å². The SMILES string of the molecule is CCOC(=O)C1CC(C(C)C)C1. The molecule has 0 spiro atoms. The Morgan fingerprint density at radius 2 is 2.08 bits per heavy atom. The molecule has 0 aliphatic heterocycles. The van der Waals surface area contributed by atoms with Crippen molar-refractivity contribution in [3.05, 3.63) is 0 Å². The Balaban J connectivity index is 2.20. The molecule has 2 heteroatoms. The van der Waals surface area contributed by atoms with E-state index in [0.29, 0.717) is 6.61 Å². The maximum atomic E-state index is 11.2. The lowest BCUT2D eigenvalue weighted by Gasteiger charge is -2.36. The normalized spacial score (nSPS) is 28.3. The van der Waals surface area contributed by atoms with Crippen molar-refractivity contribution in [2.75, 3.05) is 6.61 Å². The first-order chi connectivity index (χ1) is 5.65. The molecule has 2 nitrogen and oxygen atoms in total. The second kappa shape index (κ2) is 3.92. The highest BCUT2D eigenvalue weighted by atomic mass is 16.5. The van der Waals surface area contributed by atoms with Gasteiger partial charge in [0.25, 0.3) is 0 Å². The van der Waals surface area contributed by atoms with Gasteiger partial charge < -0.3 is 4.74 Å². The summed E-state index contributed by atoms with van der Waals surface area (Å²) in [6, 6.07) is 0. The van der Waals surface area contributed by atoms with Crippen molar-refractivity contribution >= 4 is 5.97 Å². The standard InChI is InChI=1S/C10H18O2/c1-4-12-10(11)9-5-8(6-9)7(2)3/h7-9H,4-6H2,1-3H3. The molecule has 0 aromatic carbocycles. The molecule has 0 unspecified atom stereocenters. The summed E-state index contributed by atoms with van der Waals surface area (Å²) in [5.74, 6) is 1.68. The minimum Gasteiger partial charge on any atom is -0.466 e. The van der Waals surface area contributed by atoms with Gasteiger partial charge >= 0.3 is 5.97 Å². The average molecular weight is 170 g/mol. The first-order valence-corrected chi connectivity index (χ1v) is 4.81. The molecule has 0 saturated heterocycles. The quantitative estimate of drug-likeness (QED) is 0.607. The van der Waals surface area contributed by atoms with Crippen LogP contribution < -0.4 is 0 Å². The zero-order valence-electron chi connectivity index (χ0n) is 8.17. The maximum Gasteiger partial charge on any atom is 0.308 e. The minimum absolute atomic E-state index is 0.00870. The summed E-state index contributed by atoms with van der Waals surface area (Å²) in [6.45, 7) is 6.80. The smallest absolute Gasteiger partial charge is 0.308 e. The van der Waals surface area contributed by atoms with Crippen molar-refractivity contribution in [1.29, 1.82) is 0 Å². The molecule has 0 heterocycles. The van der Waals surface area contributed by atoms with Gasteiger partial charge in [-0.1, -0.05) is 13.8 Å².